The van der Waals surface area contributed by atoms with E-state index in [1.807, 2.05) is 58.6 Å². The molecule has 6 rings (SSSR count). The first kappa shape index (κ1) is 20.6. The van der Waals surface area contributed by atoms with Gasteiger partial charge in [-0.25, -0.2) is 9.67 Å². The molecule has 2 aromatic heterocycles. The van der Waals surface area contributed by atoms with E-state index in [9.17, 15) is 9.35 Å². The Bertz CT molecular complexity index is 1330. The highest BCUT2D eigenvalue weighted by Crippen LogP contribution is 2.41. The number of morpholine rings is 1. The number of aromatic nitrogens is 3. The number of thiazole rings is 1. The lowest BCUT2D eigenvalue weighted by atomic mass is 10.0. The summed E-state index contributed by atoms with van der Waals surface area (Å²) in [5, 5.41) is 7.69. The fraction of sp³-hybridized carbons (Fsp3) is 0.208. The lowest BCUT2D eigenvalue weighted by molar-refractivity contribution is 0.0298. The van der Waals surface area contributed by atoms with Gasteiger partial charge in [-0.1, -0.05) is 24.3 Å². The highest BCUT2D eigenvalue weighted by atomic mass is 32.2. The quantitative estimate of drug-likeness (QED) is 0.421. The van der Waals surface area contributed by atoms with Crippen LogP contribution in [0.2, 0.25) is 0 Å². The van der Waals surface area contributed by atoms with Gasteiger partial charge < -0.3 is 14.2 Å². The van der Waals surface area contributed by atoms with Gasteiger partial charge in [-0.3, -0.25) is 4.79 Å². The largest absolute Gasteiger partial charge is 0.611 e. The van der Waals surface area contributed by atoms with E-state index in [0.717, 1.165) is 38.0 Å². The Balaban J connectivity index is 1.54. The molecule has 33 heavy (non-hydrogen) atoms. The van der Waals surface area contributed by atoms with Crippen molar-refractivity contribution in [1.82, 2.24) is 19.7 Å². The number of carbonyl (C=O) groups excluding carboxylic acids is 1. The van der Waals surface area contributed by atoms with Gasteiger partial charge in [0.15, 0.2) is 10.6 Å². The highest BCUT2D eigenvalue weighted by Gasteiger charge is 2.37. The van der Waals surface area contributed by atoms with E-state index in [0.29, 0.717) is 32.0 Å². The number of amides is 1. The zero-order chi connectivity index (χ0) is 22.4. The Labute approximate surface area is 197 Å². The summed E-state index contributed by atoms with van der Waals surface area (Å²) < 4.78 is 20.3. The fourth-order valence-corrected chi connectivity index (χ4v) is 6.31. The van der Waals surface area contributed by atoms with E-state index >= 15 is 0 Å². The Hall–Kier alpha value is -2.98. The maximum absolute atomic E-state index is 13.5. The molecule has 0 aliphatic carbocycles. The minimum atomic E-state index is -1.24. The predicted octanol–water partition coefficient (Wildman–Crippen LogP) is 3.76. The number of ether oxygens (including phenoxy) is 1. The average Bonchev–Trinajstić information content (AvgIpc) is 3.53. The molecule has 9 heteroatoms. The molecule has 0 radical (unpaired) electrons. The molecular weight excluding hydrogens is 456 g/mol. The molecule has 0 bridgehead atoms. The molecule has 4 heterocycles. The second-order valence-corrected chi connectivity index (χ2v) is 10.2. The molecule has 2 aliphatic rings. The van der Waals surface area contributed by atoms with Gasteiger partial charge in [0.25, 0.3) is 5.91 Å². The van der Waals surface area contributed by atoms with Crippen molar-refractivity contribution in [1.29, 1.82) is 0 Å². The smallest absolute Gasteiger partial charge is 0.275 e. The lowest BCUT2D eigenvalue weighted by Crippen LogP contribution is -2.41. The number of benzene rings is 2. The molecule has 7 nitrogen and oxygen atoms in total. The SMILES string of the molecule is O=C(c1nn(-c2cccc(-c3nccs3)c2)c2c1C[S+]([O-])c1ccccc1-2)N1CCOCC1. The third-order valence-corrected chi connectivity index (χ3v) is 8.14. The molecule has 0 saturated carbocycles. The van der Waals surface area contributed by atoms with Crippen LogP contribution in [0.4, 0.5) is 0 Å². The summed E-state index contributed by atoms with van der Waals surface area (Å²) in [5.41, 5.74) is 4.61. The van der Waals surface area contributed by atoms with Gasteiger partial charge >= 0.3 is 0 Å². The van der Waals surface area contributed by atoms with Crippen molar-refractivity contribution in [2.45, 2.75) is 10.6 Å². The number of fused-ring (bicyclic) bond motifs is 3. The van der Waals surface area contributed by atoms with Crippen LogP contribution < -0.4 is 0 Å². The summed E-state index contributed by atoms with van der Waals surface area (Å²) >= 11 is 0.336. The van der Waals surface area contributed by atoms with Gasteiger partial charge in [-0.15, -0.1) is 11.3 Å². The van der Waals surface area contributed by atoms with Crippen LogP contribution in [0.3, 0.4) is 0 Å². The van der Waals surface area contributed by atoms with Crippen LogP contribution in [0.25, 0.3) is 27.5 Å². The van der Waals surface area contributed by atoms with E-state index in [-0.39, 0.29) is 11.7 Å². The average molecular weight is 477 g/mol. The van der Waals surface area contributed by atoms with Crippen LogP contribution in [0, 0.1) is 0 Å². The maximum atomic E-state index is 13.5. The normalized spacial score (nSPS) is 17.5. The minimum Gasteiger partial charge on any atom is -0.611 e. The van der Waals surface area contributed by atoms with Crippen molar-refractivity contribution in [2.24, 2.45) is 0 Å². The first-order valence-electron chi connectivity index (χ1n) is 10.7. The van der Waals surface area contributed by atoms with Gasteiger partial charge in [-0.2, -0.15) is 5.10 Å². The van der Waals surface area contributed by atoms with E-state index in [4.69, 9.17) is 9.84 Å². The van der Waals surface area contributed by atoms with E-state index in [1.165, 1.54) is 0 Å². The van der Waals surface area contributed by atoms with Crippen LogP contribution in [0.5, 0.6) is 0 Å². The van der Waals surface area contributed by atoms with Crippen molar-refractivity contribution < 1.29 is 14.1 Å². The summed E-state index contributed by atoms with van der Waals surface area (Å²) in [6, 6.07) is 15.7. The van der Waals surface area contributed by atoms with Crippen molar-refractivity contribution in [2.75, 3.05) is 26.3 Å². The number of carbonyl (C=O) groups is 1. The number of hydrogen-bond donors (Lipinski definition) is 0. The van der Waals surface area contributed by atoms with Crippen LogP contribution in [0.1, 0.15) is 16.1 Å². The summed E-state index contributed by atoms with van der Waals surface area (Å²) in [6.07, 6.45) is 1.78. The molecule has 1 amide bonds. The van der Waals surface area contributed by atoms with Gasteiger partial charge in [0.1, 0.15) is 10.8 Å². The molecule has 0 spiro atoms. The van der Waals surface area contributed by atoms with Gasteiger partial charge in [-0.05, 0) is 35.4 Å². The summed E-state index contributed by atoms with van der Waals surface area (Å²) in [6.45, 7) is 2.08. The first-order chi connectivity index (χ1) is 16.2. The second-order valence-electron chi connectivity index (χ2n) is 7.87. The van der Waals surface area contributed by atoms with Crippen molar-refractivity contribution in [3.63, 3.8) is 0 Å². The van der Waals surface area contributed by atoms with Crippen molar-refractivity contribution >= 4 is 28.4 Å². The Morgan fingerprint density at radius 1 is 1.12 bits per heavy atom. The molecule has 1 saturated heterocycles. The Morgan fingerprint density at radius 3 is 2.79 bits per heavy atom. The Kier molecular flexibility index (Phi) is 5.26. The van der Waals surface area contributed by atoms with E-state index < -0.39 is 11.2 Å². The predicted molar refractivity (Wildman–Crippen MR) is 127 cm³/mol. The van der Waals surface area contributed by atoms with Crippen LogP contribution in [0.15, 0.2) is 65.0 Å². The summed E-state index contributed by atoms with van der Waals surface area (Å²) in [5.74, 6) is 0.130. The number of rotatable bonds is 3. The number of hydrogen-bond acceptors (Lipinski definition) is 6. The molecular formula is C24H20N4O3S2. The molecule has 4 aromatic rings. The van der Waals surface area contributed by atoms with Gasteiger partial charge in [0, 0.05) is 30.2 Å². The third kappa shape index (κ3) is 3.57. The summed E-state index contributed by atoms with van der Waals surface area (Å²) in [4.78, 5) is 20.4. The summed E-state index contributed by atoms with van der Waals surface area (Å²) in [7, 11) is 0. The number of nitrogens with zero attached hydrogens (tertiary/aromatic N) is 4. The highest BCUT2D eigenvalue weighted by molar-refractivity contribution is 7.90. The van der Waals surface area contributed by atoms with Gasteiger partial charge in [0.05, 0.1) is 35.7 Å². The second kappa shape index (κ2) is 8.42. The third-order valence-electron chi connectivity index (χ3n) is 5.92. The molecule has 166 valence electrons. The molecule has 0 N–H and O–H groups in total. The standard InChI is InChI=1S/C24H20N4O3S2/c29-24(27-9-11-31-12-10-27)21-19-15-33(30)20-7-2-1-6-18(20)22(19)28(26-21)17-5-3-4-16(14-17)23-25-8-13-32-23/h1-8,13-14H,9-12,15H2. The topological polar surface area (TPSA) is 83.3 Å². The van der Waals surface area contributed by atoms with Crippen LogP contribution in [-0.4, -0.2) is 56.4 Å². The fourth-order valence-electron chi connectivity index (χ4n) is 4.34. The lowest BCUT2D eigenvalue weighted by Gasteiger charge is -2.26. The van der Waals surface area contributed by atoms with E-state index in [2.05, 4.69) is 4.98 Å². The molecule has 1 unspecified atom stereocenters. The van der Waals surface area contributed by atoms with Crippen LogP contribution >= 0.6 is 11.3 Å². The minimum absolute atomic E-state index is 0.138. The van der Waals surface area contributed by atoms with E-state index in [1.54, 1.807) is 22.4 Å². The zero-order valence-electron chi connectivity index (χ0n) is 17.6. The molecule has 2 aliphatic heterocycles. The van der Waals surface area contributed by atoms with Gasteiger partial charge in [0.2, 0.25) is 0 Å². The van der Waals surface area contributed by atoms with Crippen molar-refractivity contribution in [3.8, 4) is 27.5 Å². The first-order valence-corrected chi connectivity index (χ1v) is 12.9. The molecule has 2 aromatic carbocycles. The zero-order valence-corrected chi connectivity index (χ0v) is 19.3. The molecule has 1 fully saturated rings. The van der Waals surface area contributed by atoms with Crippen LogP contribution in [-0.2, 0) is 21.7 Å². The maximum Gasteiger partial charge on any atom is 0.275 e. The molecule has 1 atom stereocenters. The monoisotopic (exact) mass is 476 g/mol. The van der Waals surface area contributed by atoms with Crippen molar-refractivity contribution in [3.05, 3.63) is 71.4 Å². The Morgan fingerprint density at radius 2 is 1.97 bits per heavy atom.